The highest BCUT2D eigenvalue weighted by atomic mass is 16.5. The average molecular weight is 301 g/mol. The second-order valence-corrected chi connectivity index (χ2v) is 5.48. The summed E-state index contributed by atoms with van der Waals surface area (Å²) in [5.74, 6) is 1.58. The van der Waals surface area contributed by atoms with Crippen LogP contribution in [0.2, 0.25) is 0 Å². The van der Waals surface area contributed by atoms with E-state index in [1.54, 1.807) is 19.5 Å². The van der Waals surface area contributed by atoms with E-state index in [9.17, 15) is 4.79 Å². The number of methoxy groups -OCH3 is 1. The number of hydrogen-bond acceptors (Lipinski definition) is 5. The van der Waals surface area contributed by atoms with Crippen LogP contribution in [0.15, 0.2) is 18.5 Å². The Kier molecular flexibility index (Phi) is 3.89. The van der Waals surface area contributed by atoms with Crippen molar-refractivity contribution in [1.29, 1.82) is 0 Å². The fourth-order valence-corrected chi connectivity index (χ4v) is 2.79. The van der Waals surface area contributed by atoms with Crippen LogP contribution in [0.5, 0.6) is 0 Å². The minimum atomic E-state index is -0.125. The molecule has 7 heteroatoms. The van der Waals surface area contributed by atoms with Gasteiger partial charge in [-0.05, 0) is 25.5 Å². The van der Waals surface area contributed by atoms with E-state index in [0.717, 1.165) is 17.2 Å². The van der Waals surface area contributed by atoms with Crippen LogP contribution in [-0.4, -0.2) is 44.2 Å². The van der Waals surface area contributed by atoms with Crippen molar-refractivity contribution in [3.8, 4) is 0 Å². The van der Waals surface area contributed by atoms with E-state index in [-0.39, 0.29) is 11.9 Å². The molecule has 0 N–H and O–H groups in total. The molecule has 0 radical (unpaired) electrons. The van der Waals surface area contributed by atoms with E-state index in [1.165, 1.54) is 0 Å². The van der Waals surface area contributed by atoms with Crippen molar-refractivity contribution < 1.29 is 9.53 Å². The van der Waals surface area contributed by atoms with Crippen molar-refractivity contribution in [2.24, 2.45) is 0 Å². The number of hydrogen-bond donors (Lipinski definition) is 0. The maximum absolute atomic E-state index is 12.7. The van der Waals surface area contributed by atoms with E-state index < -0.39 is 0 Å². The van der Waals surface area contributed by atoms with Crippen LogP contribution in [0.3, 0.4) is 0 Å². The summed E-state index contributed by atoms with van der Waals surface area (Å²) >= 11 is 0. The molecule has 7 nitrogen and oxygen atoms in total. The van der Waals surface area contributed by atoms with Gasteiger partial charge < -0.3 is 14.2 Å². The first-order valence-electron chi connectivity index (χ1n) is 7.25. The van der Waals surface area contributed by atoms with Gasteiger partial charge in [-0.1, -0.05) is 0 Å². The molecule has 3 heterocycles. The van der Waals surface area contributed by atoms with Crippen molar-refractivity contribution in [1.82, 2.24) is 24.6 Å². The number of carbonyl (C=O) groups is 1. The maximum atomic E-state index is 12.7. The van der Waals surface area contributed by atoms with Crippen molar-refractivity contribution in [2.45, 2.75) is 33.0 Å². The van der Waals surface area contributed by atoms with Gasteiger partial charge in [0.1, 0.15) is 6.61 Å². The molecule has 0 spiro atoms. The normalized spacial score (nSPS) is 17.4. The molecule has 0 fully saturated rings. The van der Waals surface area contributed by atoms with E-state index in [0.29, 0.717) is 25.3 Å². The van der Waals surface area contributed by atoms with Gasteiger partial charge in [-0.25, -0.2) is 0 Å². The molecule has 0 aliphatic carbocycles. The molecule has 2 aromatic rings. The Labute approximate surface area is 128 Å². The highest BCUT2D eigenvalue weighted by Crippen LogP contribution is 2.26. The van der Waals surface area contributed by atoms with Crippen LogP contribution >= 0.6 is 0 Å². The zero-order valence-electron chi connectivity index (χ0n) is 13.0. The summed E-state index contributed by atoms with van der Waals surface area (Å²) in [4.78, 5) is 18.6. The smallest absolute Gasteiger partial charge is 0.256 e. The van der Waals surface area contributed by atoms with Crippen LogP contribution in [0, 0.1) is 6.92 Å². The van der Waals surface area contributed by atoms with E-state index in [2.05, 4.69) is 15.2 Å². The first-order chi connectivity index (χ1) is 10.6. The fraction of sp³-hybridized carbons (Fsp3) is 0.467. The number of aryl methyl sites for hydroxylation is 1. The summed E-state index contributed by atoms with van der Waals surface area (Å²) in [6.45, 7) is 5.62. The highest BCUT2D eigenvalue weighted by molar-refractivity contribution is 5.94. The Morgan fingerprint density at radius 2 is 2.18 bits per heavy atom. The first kappa shape index (κ1) is 14.6. The third-order valence-corrected chi connectivity index (χ3v) is 3.92. The summed E-state index contributed by atoms with van der Waals surface area (Å²) in [5.41, 5.74) is 1.58. The van der Waals surface area contributed by atoms with Gasteiger partial charge in [0.25, 0.3) is 5.91 Å². The summed E-state index contributed by atoms with van der Waals surface area (Å²) in [5, 5.41) is 8.38. The molecular weight excluding hydrogens is 282 g/mol. The minimum absolute atomic E-state index is 0.0220. The van der Waals surface area contributed by atoms with Gasteiger partial charge in [0.2, 0.25) is 0 Å². The van der Waals surface area contributed by atoms with Crippen LogP contribution in [0.4, 0.5) is 0 Å². The predicted octanol–water partition coefficient (Wildman–Crippen LogP) is 1.34. The third-order valence-electron chi connectivity index (χ3n) is 3.92. The lowest BCUT2D eigenvalue weighted by Gasteiger charge is -2.33. The summed E-state index contributed by atoms with van der Waals surface area (Å²) in [7, 11) is 1.63. The largest absolute Gasteiger partial charge is 0.377 e. The summed E-state index contributed by atoms with van der Waals surface area (Å²) in [6.07, 6.45) is 3.35. The monoisotopic (exact) mass is 301 g/mol. The Bertz CT molecular complexity index is 697. The van der Waals surface area contributed by atoms with Crippen LogP contribution in [0.25, 0.3) is 0 Å². The van der Waals surface area contributed by atoms with Crippen molar-refractivity contribution in [3.05, 3.63) is 41.2 Å². The summed E-state index contributed by atoms with van der Waals surface area (Å²) in [6, 6.07) is 1.73. The zero-order valence-corrected chi connectivity index (χ0v) is 13.0. The number of rotatable bonds is 3. The third kappa shape index (κ3) is 2.48. The molecule has 116 valence electrons. The van der Waals surface area contributed by atoms with E-state index >= 15 is 0 Å². The minimum Gasteiger partial charge on any atom is -0.377 e. The molecule has 2 aromatic heterocycles. The second-order valence-electron chi connectivity index (χ2n) is 5.48. The molecule has 0 unspecified atom stereocenters. The quantitative estimate of drug-likeness (QED) is 0.855. The molecule has 1 aliphatic rings. The van der Waals surface area contributed by atoms with Crippen LogP contribution in [0.1, 0.15) is 40.5 Å². The molecule has 0 bridgehead atoms. The standard InChI is InChI=1S/C15H19N5O2/c1-10-6-12(8-16-7-10)15(21)19-4-5-20-13(9-22-3)17-18-14(20)11(19)2/h6-8,11H,4-5,9H2,1-3H3/t11-/m0/s1. The SMILES string of the molecule is COCc1nnc2n1CCN(C(=O)c1cncc(C)c1)[C@H]2C. The number of nitrogens with zero attached hydrogens (tertiary/aromatic N) is 5. The lowest BCUT2D eigenvalue weighted by molar-refractivity contribution is 0.0632. The van der Waals surface area contributed by atoms with E-state index in [4.69, 9.17) is 4.74 Å². The average Bonchev–Trinajstić information content (AvgIpc) is 2.92. The maximum Gasteiger partial charge on any atom is 0.256 e. The number of amides is 1. The van der Waals surface area contributed by atoms with Gasteiger partial charge in [0, 0.05) is 32.6 Å². The zero-order chi connectivity index (χ0) is 15.7. The van der Waals surface area contributed by atoms with Gasteiger partial charge in [-0.2, -0.15) is 0 Å². The Balaban J connectivity index is 1.86. The van der Waals surface area contributed by atoms with Gasteiger partial charge in [0.05, 0.1) is 11.6 Å². The topological polar surface area (TPSA) is 73.1 Å². The Morgan fingerprint density at radius 1 is 1.36 bits per heavy atom. The highest BCUT2D eigenvalue weighted by Gasteiger charge is 2.31. The molecule has 0 saturated carbocycles. The number of carbonyl (C=O) groups excluding carboxylic acids is 1. The molecule has 1 aliphatic heterocycles. The molecular formula is C15H19N5O2. The lowest BCUT2D eigenvalue weighted by Crippen LogP contribution is -2.41. The van der Waals surface area contributed by atoms with Crippen LogP contribution in [-0.2, 0) is 17.9 Å². The first-order valence-corrected chi connectivity index (χ1v) is 7.25. The van der Waals surface area contributed by atoms with Gasteiger partial charge in [-0.3, -0.25) is 9.78 Å². The molecule has 22 heavy (non-hydrogen) atoms. The summed E-state index contributed by atoms with van der Waals surface area (Å²) < 4.78 is 7.17. The second kappa shape index (κ2) is 5.84. The Morgan fingerprint density at radius 3 is 2.91 bits per heavy atom. The van der Waals surface area contributed by atoms with Gasteiger partial charge >= 0.3 is 0 Å². The van der Waals surface area contributed by atoms with Crippen molar-refractivity contribution in [2.75, 3.05) is 13.7 Å². The van der Waals surface area contributed by atoms with Crippen molar-refractivity contribution >= 4 is 5.91 Å². The molecule has 0 saturated heterocycles. The van der Waals surface area contributed by atoms with Crippen molar-refractivity contribution in [3.63, 3.8) is 0 Å². The van der Waals surface area contributed by atoms with Gasteiger partial charge in [-0.15, -0.1) is 10.2 Å². The molecule has 0 aromatic carbocycles. The number of pyridine rings is 1. The predicted molar refractivity (Wildman–Crippen MR) is 79.2 cm³/mol. The van der Waals surface area contributed by atoms with E-state index in [1.807, 2.05) is 29.4 Å². The molecule has 3 rings (SSSR count). The fourth-order valence-electron chi connectivity index (χ4n) is 2.79. The Hall–Kier alpha value is -2.28. The van der Waals surface area contributed by atoms with Crippen LogP contribution < -0.4 is 0 Å². The molecule has 1 amide bonds. The molecule has 1 atom stereocenters. The number of aromatic nitrogens is 4. The lowest BCUT2D eigenvalue weighted by atomic mass is 10.1. The van der Waals surface area contributed by atoms with Gasteiger partial charge in [0.15, 0.2) is 11.6 Å². The number of ether oxygens (including phenoxy) is 1. The number of fused-ring (bicyclic) bond motifs is 1.